The maximum Gasteiger partial charge on any atom is 0.227 e. The van der Waals surface area contributed by atoms with Crippen LogP contribution in [0.1, 0.15) is 17.3 Å². The molecule has 4 aromatic rings. The number of hydrogen-bond donors (Lipinski definition) is 1. The van der Waals surface area contributed by atoms with Gasteiger partial charge in [-0.2, -0.15) is 4.99 Å². The van der Waals surface area contributed by atoms with Crippen LogP contribution in [-0.4, -0.2) is 12.9 Å². The van der Waals surface area contributed by atoms with Crippen molar-refractivity contribution in [2.45, 2.75) is 6.17 Å². The maximum atomic E-state index is 6.66. The van der Waals surface area contributed by atoms with Crippen molar-refractivity contribution in [1.82, 2.24) is 0 Å². The van der Waals surface area contributed by atoms with Gasteiger partial charge in [-0.1, -0.05) is 42.5 Å². The van der Waals surface area contributed by atoms with E-state index in [1.807, 2.05) is 53.4 Å². The van der Waals surface area contributed by atoms with Crippen molar-refractivity contribution in [2.24, 2.45) is 10.7 Å². The molecule has 0 spiro atoms. The molecule has 0 fully saturated rings. The Morgan fingerprint density at radius 3 is 2.57 bits per heavy atom. The zero-order valence-electron chi connectivity index (χ0n) is 15.4. The van der Waals surface area contributed by atoms with Crippen molar-refractivity contribution < 1.29 is 9.15 Å². The van der Waals surface area contributed by atoms with Crippen LogP contribution >= 0.6 is 0 Å². The molecule has 0 amide bonds. The molecular weight excluding hydrogens is 350 g/mol. The van der Waals surface area contributed by atoms with E-state index in [0.29, 0.717) is 5.88 Å². The minimum Gasteiger partial charge on any atom is -0.497 e. The zero-order valence-corrected chi connectivity index (χ0v) is 15.4. The minimum atomic E-state index is -0.409. The summed E-state index contributed by atoms with van der Waals surface area (Å²) < 4.78 is 10.9. The van der Waals surface area contributed by atoms with Crippen LogP contribution in [0.3, 0.4) is 0 Å². The van der Waals surface area contributed by atoms with Crippen molar-refractivity contribution in [1.29, 1.82) is 0 Å². The Labute approximate surface area is 162 Å². The van der Waals surface area contributed by atoms with E-state index in [4.69, 9.17) is 19.9 Å². The van der Waals surface area contributed by atoms with E-state index in [-0.39, 0.29) is 0 Å². The van der Waals surface area contributed by atoms with Crippen LogP contribution in [0.5, 0.6) is 5.75 Å². The normalized spacial score (nSPS) is 16.0. The molecule has 2 heterocycles. The van der Waals surface area contributed by atoms with Gasteiger partial charge in [-0.3, -0.25) is 0 Å². The second kappa shape index (κ2) is 6.55. The van der Waals surface area contributed by atoms with E-state index >= 15 is 0 Å². The quantitative estimate of drug-likeness (QED) is 0.552. The van der Waals surface area contributed by atoms with Crippen LogP contribution in [0.2, 0.25) is 0 Å². The maximum absolute atomic E-state index is 6.66. The lowest BCUT2D eigenvalue weighted by atomic mass is 10.0. The SMILES string of the molecule is COc1ccc(N2C(c3cccc4ccccc34)=Nc3occc3C2N)cc1. The Morgan fingerprint density at radius 2 is 1.75 bits per heavy atom. The third kappa shape index (κ3) is 2.56. The molecule has 5 rings (SSSR count). The number of nitrogens with zero attached hydrogens (tertiary/aromatic N) is 2. The Morgan fingerprint density at radius 1 is 0.964 bits per heavy atom. The van der Waals surface area contributed by atoms with Crippen LogP contribution < -0.4 is 15.4 Å². The van der Waals surface area contributed by atoms with Crippen LogP contribution in [-0.2, 0) is 0 Å². The summed E-state index contributed by atoms with van der Waals surface area (Å²) in [5.74, 6) is 2.11. The molecule has 1 atom stereocenters. The first-order valence-corrected chi connectivity index (χ1v) is 9.09. The Kier molecular flexibility index (Phi) is 3.88. The van der Waals surface area contributed by atoms with Crippen molar-refractivity contribution in [3.63, 3.8) is 0 Å². The zero-order chi connectivity index (χ0) is 19.1. The van der Waals surface area contributed by atoms with E-state index in [9.17, 15) is 0 Å². The highest BCUT2D eigenvalue weighted by Gasteiger charge is 2.32. The number of anilines is 1. The lowest BCUT2D eigenvalue weighted by Crippen LogP contribution is -2.42. The van der Waals surface area contributed by atoms with Gasteiger partial charge in [0.15, 0.2) is 0 Å². The Hall–Kier alpha value is -3.57. The fourth-order valence-corrected chi connectivity index (χ4v) is 3.68. The summed E-state index contributed by atoms with van der Waals surface area (Å²) >= 11 is 0. The van der Waals surface area contributed by atoms with Gasteiger partial charge < -0.3 is 19.8 Å². The predicted octanol–water partition coefficient (Wildman–Crippen LogP) is 5.00. The van der Waals surface area contributed by atoms with Crippen molar-refractivity contribution in [3.05, 3.63) is 90.2 Å². The number of nitrogens with two attached hydrogens (primary N) is 1. The molecular formula is C23H19N3O2. The number of ether oxygens (including phenoxy) is 1. The van der Waals surface area contributed by atoms with Gasteiger partial charge in [-0.05, 0) is 41.1 Å². The largest absolute Gasteiger partial charge is 0.497 e. The van der Waals surface area contributed by atoms with Crippen molar-refractivity contribution in [2.75, 3.05) is 12.0 Å². The molecule has 2 N–H and O–H groups in total. The highest BCUT2D eigenvalue weighted by Crippen LogP contribution is 2.38. The molecule has 1 unspecified atom stereocenters. The first-order valence-electron chi connectivity index (χ1n) is 9.09. The third-order valence-electron chi connectivity index (χ3n) is 5.09. The summed E-state index contributed by atoms with van der Waals surface area (Å²) in [6.07, 6.45) is 1.22. The van der Waals surface area contributed by atoms with Gasteiger partial charge in [-0.25, -0.2) is 0 Å². The van der Waals surface area contributed by atoms with Gasteiger partial charge in [-0.15, -0.1) is 0 Å². The molecule has 5 heteroatoms. The predicted molar refractivity (Wildman–Crippen MR) is 111 cm³/mol. The topological polar surface area (TPSA) is 64.0 Å². The van der Waals surface area contributed by atoms with E-state index < -0.39 is 6.17 Å². The number of rotatable bonds is 3. The summed E-state index contributed by atoms with van der Waals surface area (Å²) in [7, 11) is 1.66. The second-order valence-corrected chi connectivity index (χ2v) is 6.66. The summed E-state index contributed by atoms with van der Waals surface area (Å²) in [6, 6.07) is 24.2. The molecule has 5 nitrogen and oxygen atoms in total. The molecule has 0 radical (unpaired) electrons. The minimum absolute atomic E-state index is 0.409. The van der Waals surface area contributed by atoms with Gasteiger partial charge in [0.1, 0.15) is 17.8 Å². The molecule has 28 heavy (non-hydrogen) atoms. The molecule has 0 saturated carbocycles. The smallest absolute Gasteiger partial charge is 0.227 e. The molecule has 1 aliphatic heterocycles. The van der Waals surface area contributed by atoms with Crippen LogP contribution in [0.15, 0.2) is 88.5 Å². The van der Waals surface area contributed by atoms with Crippen molar-refractivity contribution >= 4 is 28.2 Å². The first kappa shape index (κ1) is 16.6. The molecule has 3 aromatic carbocycles. The number of furan rings is 1. The summed E-state index contributed by atoms with van der Waals surface area (Å²) in [4.78, 5) is 6.88. The molecule has 0 aliphatic carbocycles. The van der Waals surface area contributed by atoms with Crippen molar-refractivity contribution in [3.8, 4) is 5.75 Å². The number of fused-ring (bicyclic) bond motifs is 2. The molecule has 1 aliphatic rings. The lowest BCUT2D eigenvalue weighted by molar-refractivity contribution is 0.415. The highest BCUT2D eigenvalue weighted by molar-refractivity contribution is 6.18. The molecule has 138 valence electrons. The summed E-state index contributed by atoms with van der Waals surface area (Å²) in [5.41, 5.74) is 9.47. The van der Waals surface area contributed by atoms with Crippen LogP contribution in [0.25, 0.3) is 10.8 Å². The number of amidine groups is 1. The van der Waals surface area contributed by atoms with Gasteiger partial charge in [0.05, 0.1) is 18.9 Å². The van der Waals surface area contributed by atoms with Gasteiger partial charge in [0.25, 0.3) is 0 Å². The number of benzene rings is 3. The lowest BCUT2D eigenvalue weighted by Gasteiger charge is -2.34. The van der Waals surface area contributed by atoms with Gasteiger partial charge in [0, 0.05) is 11.3 Å². The second-order valence-electron chi connectivity index (χ2n) is 6.66. The molecule has 0 bridgehead atoms. The molecule has 0 saturated heterocycles. The number of aliphatic imine (C=N–C) groups is 1. The van der Waals surface area contributed by atoms with E-state index in [1.165, 1.54) is 0 Å². The highest BCUT2D eigenvalue weighted by atomic mass is 16.5. The van der Waals surface area contributed by atoms with Crippen LogP contribution in [0.4, 0.5) is 11.6 Å². The monoisotopic (exact) mass is 369 g/mol. The third-order valence-corrected chi connectivity index (χ3v) is 5.09. The first-order chi connectivity index (χ1) is 13.8. The fourth-order valence-electron chi connectivity index (χ4n) is 3.68. The average molecular weight is 369 g/mol. The summed E-state index contributed by atoms with van der Waals surface area (Å²) in [5, 5.41) is 2.26. The Balaban J connectivity index is 1.74. The van der Waals surface area contributed by atoms with Crippen LogP contribution in [0, 0.1) is 0 Å². The van der Waals surface area contributed by atoms with Gasteiger partial charge in [0.2, 0.25) is 5.88 Å². The Bertz CT molecular complexity index is 1170. The fraction of sp³-hybridized carbons (Fsp3) is 0.0870. The van der Waals surface area contributed by atoms with Gasteiger partial charge >= 0.3 is 0 Å². The number of methoxy groups -OCH3 is 1. The van der Waals surface area contributed by atoms with E-state index in [1.54, 1.807) is 13.4 Å². The standard InChI is InChI=1S/C23H19N3O2/c1-27-17-11-9-16(10-12-17)26-21(24)20-13-14-28-23(20)25-22(26)19-8-4-6-15-5-2-3-7-18(15)19/h2-14,21H,24H2,1H3. The van der Waals surface area contributed by atoms with E-state index in [2.05, 4.69) is 24.3 Å². The average Bonchev–Trinajstić information content (AvgIpc) is 3.22. The molecule has 1 aromatic heterocycles. The van der Waals surface area contributed by atoms with E-state index in [0.717, 1.165) is 39.2 Å². The summed E-state index contributed by atoms with van der Waals surface area (Å²) in [6.45, 7) is 0. The number of hydrogen-bond acceptors (Lipinski definition) is 5.